The summed E-state index contributed by atoms with van der Waals surface area (Å²) in [5, 5.41) is 3.45. The standard InChI is InChI=1S/C28H30ClN3O3/c1-35-23-14-11-19(12-15-23)27(33)31-22-13-16-24(29)21(17-22)18-32(26-10-6-5-9-25(26)30)28(34)20-7-3-2-4-8-20/h2-4,7-8,11-17,25-26H,5-6,9-10,18,30H2,1H3,(H,31,33). The van der Waals surface area contributed by atoms with E-state index in [9.17, 15) is 9.59 Å². The largest absolute Gasteiger partial charge is 0.497 e. The lowest BCUT2D eigenvalue weighted by Gasteiger charge is -2.38. The minimum Gasteiger partial charge on any atom is -0.497 e. The van der Waals surface area contributed by atoms with E-state index in [-0.39, 0.29) is 23.9 Å². The zero-order valence-corrected chi connectivity index (χ0v) is 20.5. The second kappa shape index (κ2) is 11.4. The molecule has 1 fully saturated rings. The van der Waals surface area contributed by atoms with Gasteiger partial charge in [0.15, 0.2) is 0 Å². The molecule has 3 aromatic carbocycles. The van der Waals surface area contributed by atoms with Gasteiger partial charge in [-0.25, -0.2) is 0 Å². The number of hydrogen-bond donors (Lipinski definition) is 2. The number of nitrogens with two attached hydrogens (primary N) is 1. The smallest absolute Gasteiger partial charge is 0.255 e. The highest BCUT2D eigenvalue weighted by molar-refractivity contribution is 6.31. The summed E-state index contributed by atoms with van der Waals surface area (Å²) in [6.45, 7) is 0.303. The fraction of sp³-hybridized carbons (Fsp3) is 0.286. The molecule has 0 spiro atoms. The van der Waals surface area contributed by atoms with Crippen LogP contribution in [0.3, 0.4) is 0 Å². The minimum absolute atomic E-state index is 0.0725. The van der Waals surface area contributed by atoms with Crippen molar-refractivity contribution in [2.75, 3.05) is 12.4 Å². The van der Waals surface area contributed by atoms with E-state index in [0.29, 0.717) is 34.1 Å². The first kappa shape index (κ1) is 24.8. The number of amides is 2. The molecule has 1 saturated carbocycles. The third-order valence-electron chi connectivity index (χ3n) is 6.46. The van der Waals surface area contributed by atoms with Gasteiger partial charge in [-0.15, -0.1) is 0 Å². The Balaban J connectivity index is 1.58. The van der Waals surface area contributed by atoms with E-state index < -0.39 is 0 Å². The van der Waals surface area contributed by atoms with Gasteiger partial charge in [-0.05, 0) is 73.0 Å². The van der Waals surface area contributed by atoms with E-state index in [1.807, 2.05) is 41.3 Å². The summed E-state index contributed by atoms with van der Waals surface area (Å²) < 4.78 is 5.15. The molecule has 0 radical (unpaired) electrons. The zero-order valence-electron chi connectivity index (χ0n) is 19.7. The van der Waals surface area contributed by atoms with Crippen LogP contribution in [0.5, 0.6) is 5.75 Å². The molecule has 2 atom stereocenters. The Morgan fingerprint density at radius 1 is 1.00 bits per heavy atom. The molecule has 1 aliphatic rings. The molecule has 0 aliphatic heterocycles. The fourth-order valence-corrected chi connectivity index (χ4v) is 4.69. The Morgan fingerprint density at radius 3 is 2.40 bits per heavy atom. The van der Waals surface area contributed by atoms with Gasteiger partial charge in [0.25, 0.3) is 11.8 Å². The van der Waals surface area contributed by atoms with E-state index in [0.717, 1.165) is 31.2 Å². The van der Waals surface area contributed by atoms with Crippen molar-refractivity contribution in [3.8, 4) is 5.75 Å². The second-order valence-corrected chi connectivity index (χ2v) is 9.21. The average Bonchev–Trinajstić information content (AvgIpc) is 2.89. The van der Waals surface area contributed by atoms with Gasteiger partial charge in [0, 0.05) is 40.5 Å². The number of carbonyl (C=O) groups excluding carboxylic acids is 2. The lowest BCUT2D eigenvalue weighted by Crippen LogP contribution is -2.51. The summed E-state index contributed by atoms with van der Waals surface area (Å²) in [4.78, 5) is 28.1. The van der Waals surface area contributed by atoms with E-state index in [1.54, 1.807) is 43.5 Å². The van der Waals surface area contributed by atoms with Gasteiger partial charge < -0.3 is 20.7 Å². The van der Waals surface area contributed by atoms with Crippen LogP contribution in [0.4, 0.5) is 5.69 Å². The predicted octanol–water partition coefficient (Wildman–Crippen LogP) is 5.51. The Kier molecular flexibility index (Phi) is 8.06. The van der Waals surface area contributed by atoms with Gasteiger partial charge in [-0.3, -0.25) is 9.59 Å². The zero-order chi connectivity index (χ0) is 24.8. The van der Waals surface area contributed by atoms with E-state index in [1.165, 1.54) is 0 Å². The number of nitrogens with zero attached hydrogens (tertiary/aromatic N) is 1. The summed E-state index contributed by atoms with van der Waals surface area (Å²) in [6, 6.07) is 21.3. The molecular weight excluding hydrogens is 462 g/mol. The minimum atomic E-state index is -0.243. The van der Waals surface area contributed by atoms with Gasteiger partial charge in [-0.1, -0.05) is 42.6 Å². The molecule has 0 heterocycles. The molecule has 7 heteroatoms. The average molecular weight is 492 g/mol. The second-order valence-electron chi connectivity index (χ2n) is 8.80. The number of rotatable bonds is 7. The molecular formula is C28H30ClN3O3. The quantitative estimate of drug-likeness (QED) is 0.456. The summed E-state index contributed by atoms with van der Waals surface area (Å²) in [7, 11) is 1.58. The maximum absolute atomic E-state index is 13.6. The molecule has 35 heavy (non-hydrogen) atoms. The van der Waals surface area contributed by atoms with Crippen LogP contribution in [0.2, 0.25) is 5.02 Å². The summed E-state index contributed by atoms with van der Waals surface area (Å²) in [5.41, 5.74) is 8.96. The van der Waals surface area contributed by atoms with Crippen molar-refractivity contribution in [2.24, 2.45) is 5.73 Å². The normalized spacial score (nSPS) is 17.5. The number of halogens is 1. The fourth-order valence-electron chi connectivity index (χ4n) is 4.52. The molecule has 1 aliphatic carbocycles. The van der Waals surface area contributed by atoms with Crippen LogP contribution in [-0.4, -0.2) is 35.9 Å². The van der Waals surface area contributed by atoms with Crippen molar-refractivity contribution in [3.05, 3.63) is 94.5 Å². The Hall–Kier alpha value is -3.35. The van der Waals surface area contributed by atoms with Gasteiger partial charge in [0.2, 0.25) is 0 Å². The Morgan fingerprint density at radius 2 is 1.71 bits per heavy atom. The van der Waals surface area contributed by atoms with Crippen molar-refractivity contribution in [3.63, 3.8) is 0 Å². The first-order chi connectivity index (χ1) is 17.0. The first-order valence-electron chi connectivity index (χ1n) is 11.8. The third-order valence-corrected chi connectivity index (χ3v) is 6.83. The van der Waals surface area contributed by atoms with Gasteiger partial charge in [0.05, 0.1) is 7.11 Å². The number of anilines is 1. The van der Waals surface area contributed by atoms with E-state index >= 15 is 0 Å². The van der Waals surface area contributed by atoms with Crippen molar-refractivity contribution in [2.45, 2.75) is 44.3 Å². The monoisotopic (exact) mass is 491 g/mol. The Labute approximate surface area is 211 Å². The van der Waals surface area contributed by atoms with Gasteiger partial charge in [-0.2, -0.15) is 0 Å². The topological polar surface area (TPSA) is 84.7 Å². The third kappa shape index (κ3) is 6.02. The number of carbonyl (C=O) groups is 2. The van der Waals surface area contributed by atoms with Gasteiger partial charge in [0.1, 0.15) is 5.75 Å². The number of hydrogen-bond acceptors (Lipinski definition) is 4. The van der Waals surface area contributed by atoms with E-state index in [4.69, 9.17) is 22.1 Å². The lowest BCUT2D eigenvalue weighted by molar-refractivity contribution is 0.0583. The molecule has 3 N–H and O–H groups in total. The van der Waals surface area contributed by atoms with Crippen LogP contribution < -0.4 is 15.8 Å². The molecule has 6 nitrogen and oxygen atoms in total. The molecule has 0 aromatic heterocycles. The molecule has 2 amide bonds. The van der Waals surface area contributed by atoms with Crippen molar-refractivity contribution < 1.29 is 14.3 Å². The maximum Gasteiger partial charge on any atom is 0.255 e. The first-order valence-corrected chi connectivity index (χ1v) is 12.2. The number of methoxy groups -OCH3 is 1. The highest BCUT2D eigenvalue weighted by atomic mass is 35.5. The molecule has 182 valence electrons. The molecule has 0 saturated heterocycles. The molecule has 2 unspecified atom stereocenters. The number of ether oxygens (including phenoxy) is 1. The van der Waals surface area contributed by atoms with Crippen LogP contribution >= 0.6 is 11.6 Å². The summed E-state index contributed by atoms with van der Waals surface area (Å²) in [6.07, 6.45) is 3.83. The summed E-state index contributed by atoms with van der Waals surface area (Å²) in [5.74, 6) is 0.364. The van der Waals surface area contributed by atoms with Gasteiger partial charge >= 0.3 is 0 Å². The maximum atomic E-state index is 13.6. The number of nitrogens with one attached hydrogen (secondary N) is 1. The van der Waals surface area contributed by atoms with Crippen LogP contribution in [-0.2, 0) is 6.54 Å². The summed E-state index contributed by atoms with van der Waals surface area (Å²) >= 11 is 6.56. The van der Waals surface area contributed by atoms with Crippen LogP contribution in [0.25, 0.3) is 0 Å². The van der Waals surface area contributed by atoms with Crippen LogP contribution in [0.1, 0.15) is 52.0 Å². The molecule has 3 aromatic rings. The van der Waals surface area contributed by atoms with Crippen molar-refractivity contribution in [1.29, 1.82) is 0 Å². The van der Waals surface area contributed by atoms with Crippen molar-refractivity contribution >= 4 is 29.1 Å². The highest BCUT2D eigenvalue weighted by Gasteiger charge is 2.32. The van der Waals surface area contributed by atoms with Crippen LogP contribution in [0.15, 0.2) is 72.8 Å². The predicted molar refractivity (Wildman–Crippen MR) is 139 cm³/mol. The highest BCUT2D eigenvalue weighted by Crippen LogP contribution is 2.29. The Bertz CT molecular complexity index is 1170. The van der Waals surface area contributed by atoms with Crippen molar-refractivity contribution in [1.82, 2.24) is 4.90 Å². The lowest BCUT2D eigenvalue weighted by atomic mass is 9.89. The SMILES string of the molecule is COc1ccc(C(=O)Nc2ccc(Cl)c(CN(C(=O)c3ccccc3)C3CCCCC3N)c2)cc1. The molecule has 0 bridgehead atoms. The van der Waals surface area contributed by atoms with E-state index in [2.05, 4.69) is 5.32 Å². The molecule has 4 rings (SSSR count). The van der Waals surface area contributed by atoms with Crippen LogP contribution in [0, 0.1) is 0 Å². The number of benzene rings is 3.